The van der Waals surface area contributed by atoms with Crippen molar-refractivity contribution >= 4 is 0 Å². The van der Waals surface area contributed by atoms with Crippen molar-refractivity contribution in [1.82, 2.24) is 24.9 Å². The van der Waals surface area contributed by atoms with E-state index in [2.05, 4.69) is 136 Å². The van der Waals surface area contributed by atoms with Gasteiger partial charge < -0.3 is 0 Å². The van der Waals surface area contributed by atoms with Crippen LogP contribution >= 0.6 is 0 Å². The summed E-state index contributed by atoms with van der Waals surface area (Å²) in [4.78, 5) is 24.4. The molecule has 5 nitrogen and oxygen atoms in total. The van der Waals surface area contributed by atoms with Gasteiger partial charge in [0.15, 0.2) is 23.3 Å². The second-order valence-electron chi connectivity index (χ2n) is 14.8. The van der Waals surface area contributed by atoms with Gasteiger partial charge in [0.2, 0.25) is 0 Å². The molecule has 0 bridgehead atoms. The lowest BCUT2D eigenvalue weighted by Gasteiger charge is -2.26. The first kappa shape index (κ1) is 32.7. The molecule has 2 aromatic heterocycles. The van der Waals surface area contributed by atoms with Crippen molar-refractivity contribution in [3.63, 3.8) is 0 Å². The third kappa shape index (κ3) is 6.99. The number of hydrogen-bond acceptors (Lipinski definition) is 5. The first-order valence-corrected chi connectivity index (χ1v) is 17.1. The number of hydrogen-bond donors (Lipinski definition) is 0. The van der Waals surface area contributed by atoms with Crippen LogP contribution < -0.4 is 0 Å². The SMILES string of the molecule is CC(C)(C)c1cc(-c2cccc(-c3nc(-c4cccc(-c5ncccn5)c4)nc(-c4ccccc4-c4ccccc4)n3)c2)cc(C(C)(C)C)c1. The second-order valence-corrected chi connectivity index (χ2v) is 14.8. The summed E-state index contributed by atoms with van der Waals surface area (Å²) >= 11 is 0. The van der Waals surface area contributed by atoms with Crippen LogP contribution in [0.5, 0.6) is 0 Å². The molecule has 0 atom stereocenters. The number of benzene rings is 5. The lowest BCUT2D eigenvalue weighted by Crippen LogP contribution is -2.16. The summed E-state index contributed by atoms with van der Waals surface area (Å²) in [7, 11) is 0. The number of rotatable bonds is 6. The summed E-state index contributed by atoms with van der Waals surface area (Å²) in [6.45, 7) is 13.6. The molecular weight excluding hydrogens is 611 g/mol. The maximum atomic E-state index is 5.17. The Labute approximate surface area is 295 Å². The minimum atomic E-state index is 0.0110. The zero-order valence-electron chi connectivity index (χ0n) is 29.5. The predicted octanol–water partition coefficient (Wildman–Crippen LogP) is 11.3. The molecule has 50 heavy (non-hydrogen) atoms. The molecule has 0 saturated heterocycles. The highest BCUT2D eigenvalue weighted by Gasteiger charge is 2.22. The van der Waals surface area contributed by atoms with E-state index in [0.29, 0.717) is 23.3 Å². The predicted molar refractivity (Wildman–Crippen MR) is 205 cm³/mol. The van der Waals surface area contributed by atoms with Gasteiger partial charge in [-0.15, -0.1) is 0 Å². The molecule has 5 aromatic carbocycles. The van der Waals surface area contributed by atoms with E-state index >= 15 is 0 Å². The molecule has 0 fully saturated rings. The molecule has 0 N–H and O–H groups in total. The van der Waals surface area contributed by atoms with Crippen LogP contribution in [0, 0.1) is 0 Å². The van der Waals surface area contributed by atoms with Crippen molar-refractivity contribution < 1.29 is 0 Å². The van der Waals surface area contributed by atoms with Gasteiger partial charge in [0.1, 0.15) is 0 Å². The molecule has 0 aliphatic carbocycles. The van der Waals surface area contributed by atoms with E-state index in [9.17, 15) is 0 Å². The molecule has 0 aliphatic heterocycles. The van der Waals surface area contributed by atoms with Gasteiger partial charge in [0, 0.05) is 34.6 Å². The van der Waals surface area contributed by atoms with Crippen molar-refractivity contribution in [2.24, 2.45) is 0 Å². The highest BCUT2D eigenvalue weighted by atomic mass is 15.0. The second kappa shape index (κ2) is 13.2. The topological polar surface area (TPSA) is 64.5 Å². The van der Waals surface area contributed by atoms with Crippen LogP contribution in [-0.4, -0.2) is 24.9 Å². The van der Waals surface area contributed by atoms with Crippen molar-refractivity contribution in [3.05, 3.63) is 151 Å². The minimum Gasteiger partial charge on any atom is -0.237 e. The molecule has 0 aliphatic rings. The molecule has 0 radical (unpaired) electrons. The molecular formula is C45H41N5. The van der Waals surface area contributed by atoms with Gasteiger partial charge in [-0.3, -0.25) is 0 Å². The van der Waals surface area contributed by atoms with Crippen LogP contribution in [0.2, 0.25) is 0 Å². The summed E-state index contributed by atoms with van der Waals surface area (Å²) in [5.41, 5.74) is 10.7. The fraction of sp³-hybridized carbons (Fsp3) is 0.178. The maximum Gasteiger partial charge on any atom is 0.164 e. The van der Waals surface area contributed by atoms with Gasteiger partial charge >= 0.3 is 0 Å². The van der Waals surface area contributed by atoms with Crippen LogP contribution in [-0.2, 0) is 10.8 Å². The van der Waals surface area contributed by atoms with Crippen LogP contribution in [0.1, 0.15) is 52.7 Å². The Balaban J connectivity index is 1.41. The molecule has 5 heteroatoms. The average Bonchev–Trinajstić information content (AvgIpc) is 3.14. The zero-order valence-corrected chi connectivity index (χ0v) is 29.5. The Bertz CT molecular complexity index is 2250. The smallest absolute Gasteiger partial charge is 0.164 e. The highest BCUT2D eigenvalue weighted by molar-refractivity contribution is 5.82. The van der Waals surface area contributed by atoms with Gasteiger partial charge in [-0.1, -0.05) is 151 Å². The Morgan fingerprint density at radius 1 is 0.340 bits per heavy atom. The molecule has 0 saturated carbocycles. The van der Waals surface area contributed by atoms with Gasteiger partial charge in [0.25, 0.3) is 0 Å². The standard InChI is InChI=1S/C45H41N5/c1-44(2,3)36-27-35(28-37(29-36)45(4,5)6)31-17-12-19-33(25-31)41-48-42(34-20-13-18-32(26-34)40-46-23-14-24-47-40)50-43(49-41)39-22-11-10-21-38(39)30-15-8-7-9-16-30/h7-29H,1-6H3. The van der Waals surface area contributed by atoms with Crippen molar-refractivity contribution in [2.45, 2.75) is 52.4 Å². The van der Waals surface area contributed by atoms with Gasteiger partial charge in [-0.05, 0) is 62.4 Å². The van der Waals surface area contributed by atoms with Gasteiger partial charge in [-0.25, -0.2) is 24.9 Å². The Morgan fingerprint density at radius 3 is 1.38 bits per heavy atom. The van der Waals surface area contributed by atoms with Crippen LogP contribution in [0.25, 0.3) is 67.8 Å². The normalized spacial score (nSPS) is 11.8. The van der Waals surface area contributed by atoms with Gasteiger partial charge in [-0.2, -0.15) is 0 Å². The third-order valence-electron chi connectivity index (χ3n) is 8.95. The average molecular weight is 652 g/mol. The number of nitrogens with zero attached hydrogens (tertiary/aromatic N) is 5. The summed E-state index contributed by atoms with van der Waals surface area (Å²) in [6.07, 6.45) is 3.51. The Hall–Kier alpha value is -5.81. The summed E-state index contributed by atoms with van der Waals surface area (Å²) < 4.78 is 0. The Kier molecular flexibility index (Phi) is 8.67. The molecule has 0 amide bonds. The fourth-order valence-electron chi connectivity index (χ4n) is 6.05. The minimum absolute atomic E-state index is 0.0110. The van der Waals surface area contributed by atoms with E-state index in [4.69, 9.17) is 15.0 Å². The van der Waals surface area contributed by atoms with E-state index in [-0.39, 0.29) is 10.8 Å². The quantitative estimate of drug-likeness (QED) is 0.179. The van der Waals surface area contributed by atoms with E-state index in [1.54, 1.807) is 12.4 Å². The molecule has 7 rings (SSSR count). The lowest BCUT2D eigenvalue weighted by molar-refractivity contribution is 0.569. The van der Waals surface area contributed by atoms with E-state index in [1.807, 2.05) is 42.5 Å². The van der Waals surface area contributed by atoms with Crippen LogP contribution in [0.4, 0.5) is 0 Å². The summed E-state index contributed by atoms with van der Waals surface area (Å²) in [5.74, 6) is 2.46. The Morgan fingerprint density at radius 2 is 0.800 bits per heavy atom. The molecule has 0 spiro atoms. The third-order valence-corrected chi connectivity index (χ3v) is 8.95. The monoisotopic (exact) mass is 651 g/mol. The largest absolute Gasteiger partial charge is 0.237 e. The van der Waals surface area contributed by atoms with Crippen molar-refractivity contribution in [3.8, 4) is 67.8 Å². The zero-order chi connectivity index (χ0) is 34.9. The summed E-state index contributed by atoms with van der Waals surface area (Å²) in [6, 6.07) is 44.1. The van der Waals surface area contributed by atoms with Gasteiger partial charge in [0.05, 0.1) is 0 Å². The first-order valence-electron chi connectivity index (χ1n) is 17.1. The lowest BCUT2D eigenvalue weighted by atomic mass is 9.79. The first-order chi connectivity index (χ1) is 24.0. The number of aromatic nitrogens is 5. The maximum absolute atomic E-state index is 5.17. The van der Waals surface area contributed by atoms with E-state index in [0.717, 1.165) is 38.9 Å². The fourth-order valence-corrected chi connectivity index (χ4v) is 6.05. The highest BCUT2D eigenvalue weighted by Crippen LogP contribution is 2.36. The molecule has 2 heterocycles. The van der Waals surface area contributed by atoms with E-state index < -0.39 is 0 Å². The van der Waals surface area contributed by atoms with E-state index in [1.165, 1.54) is 16.7 Å². The summed E-state index contributed by atoms with van der Waals surface area (Å²) in [5, 5.41) is 0. The van der Waals surface area contributed by atoms with Crippen molar-refractivity contribution in [1.29, 1.82) is 0 Å². The molecule has 7 aromatic rings. The van der Waals surface area contributed by atoms with Crippen LogP contribution in [0.15, 0.2) is 140 Å². The van der Waals surface area contributed by atoms with Crippen LogP contribution in [0.3, 0.4) is 0 Å². The van der Waals surface area contributed by atoms with Crippen molar-refractivity contribution in [2.75, 3.05) is 0 Å². The molecule has 0 unspecified atom stereocenters. The molecule has 246 valence electrons.